The number of ether oxygens (including phenoxy) is 2. The zero-order valence-corrected chi connectivity index (χ0v) is 23.1. The zero-order chi connectivity index (χ0) is 27.9. The number of anilines is 1. The van der Waals surface area contributed by atoms with Crippen LogP contribution in [0.2, 0.25) is 0 Å². The molecule has 2 N–H and O–H groups in total. The fourth-order valence-corrected chi connectivity index (χ4v) is 6.88. The third-order valence-corrected chi connectivity index (χ3v) is 8.78. The zero-order valence-electron chi connectivity index (χ0n) is 23.1. The average molecular weight is 544 g/mol. The molecule has 2 aromatic rings. The molecule has 4 aliphatic rings. The van der Waals surface area contributed by atoms with Gasteiger partial charge in [0, 0.05) is 18.3 Å². The lowest BCUT2D eigenvalue weighted by Crippen LogP contribution is -2.56. The Hall–Kier alpha value is -3.65. The molecule has 0 radical (unpaired) electrons. The van der Waals surface area contributed by atoms with E-state index in [2.05, 4.69) is 10.6 Å². The van der Waals surface area contributed by atoms with Crippen molar-refractivity contribution < 1.29 is 23.9 Å². The molecule has 8 nitrogen and oxygen atoms in total. The predicted octanol–water partition coefficient (Wildman–Crippen LogP) is 4.13. The first-order valence-corrected chi connectivity index (χ1v) is 14.5. The molecule has 6 rings (SSSR count). The summed E-state index contributed by atoms with van der Waals surface area (Å²) in [5.74, 6) is -1.51. The topological polar surface area (TPSA) is 97.0 Å². The number of nitrogens with zero attached hydrogens (tertiary/aromatic N) is 1. The third-order valence-electron chi connectivity index (χ3n) is 8.78. The third kappa shape index (κ3) is 4.68. The second-order valence-corrected chi connectivity index (χ2v) is 11.4. The highest BCUT2D eigenvalue weighted by molar-refractivity contribution is 6.02. The molecule has 1 aliphatic carbocycles. The summed E-state index contributed by atoms with van der Waals surface area (Å²) in [4.78, 5) is 43.4. The first kappa shape index (κ1) is 26.6. The van der Waals surface area contributed by atoms with Gasteiger partial charge >= 0.3 is 0 Å². The fourth-order valence-electron chi connectivity index (χ4n) is 6.88. The quantitative estimate of drug-likeness (QED) is 0.488. The maximum atomic E-state index is 14.2. The maximum Gasteiger partial charge on any atom is 0.246 e. The van der Waals surface area contributed by atoms with Crippen molar-refractivity contribution in [2.75, 3.05) is 11.9 Å². The molecule has 210 valence electrons. The van der Waals surface area contributed by atoms with Gasteiger partial charge in [-0.15, -0.1) is 0 Å². The van der Waals surface area contributed by atoms with Gasteiger partial charge in [0.15, 0.2) is 0 Å². The number of carbonyl (C=O) groups is 3. The Labute approximate surface area is 235 Å². The number of hydrogen-bond donors (Lipinski definition) is 2. The van der Waals surface area contributed by atoms with Crippen LogP contribution in [0.25, 0.3) is 0 Å². The van der Waals surface area contributed by atoms with Gasteiger partial charge in [0.25, 0.3) is 0 Å². The van der Waals surface area contributed by atoms with Crippen LogP contribution in [0, 0.1) is 18.8 Å². The maximum absolute atomic E-state index is 14.2. The van der Waals surface area contributed by atoms with Gasteiger partial charge in [0.05, 0.1) is 24.5 Å². The molecule has 2 bridgehead atoms. The lowest BCUT2D eigenvalue weighted by Gasteiger charge is -2.34. The molecular formula is C32H37N3O5. The first-order valence-electron chi connectivity index (χ1n) is 14.5. The lowest BCUT2D eigenvalue weighted by atomic mass is 9.74. The van der Waals surface area contributed by atoms with Crippen molar-refractivity contribution in [3.05, 3.63) is 71.8 Å². The Kier molecular flexibility index (Phi) is 7.13. The lowest BCUT2D eigenvalue weighted by molar-refractivity contribution is -0.142. The summed E-state index contributed by atoms with van der Waals surface area (Å²) in [6.45, 7) is 4.76. The molecule has 2 aromatic carbocycles. The summed E-state index contributed by atoms with van der Waals surface area (Å²) in [6, 6.07) is 14.4. The van der Waals surface area contributed by atoms with E-state index in [1.807, 2.05) is 50.3 Å². The van der Waals surface area contributed by atoms with Gasteiger partial charge in [0.2, 0.25) is 17.7 Å². The number of likely N-dealkylation sites (tertiary alicyclic amines) is 1. The van der Waals surface area contributed by atoms with Gasteiger partial charge in [-0.2, -0.15) is 0 Å². The summed E-state index contributed by atoms with van der Waals surface area (Å²) in [5, 5.41) is 6.21. The molecular weight excluding hydrogens is 506 g/mol. The molecule has 1 spiro atoms. The Morgan fingerprint density at radius 2 is 1.75 bits per heavy atom. The van der Waals surface area contributed by atoms with Crippen LogP contribution in [0.3, 0.4) is 0 Å². The van der Waals surface area contributed by atoms with Crippen molar-refractivity contribution in [2.45, 2.75) is 76.3 Å². The number of aryl methyl sites for hydroxylation is 1. The molecule has 3 amide bonds. The number of hydrogen-bond acceptors (Lipinski definition) is 5. The number of fused-ring (bicyclic) bond motifs is 1. The standard InChI is InChI=1S/C32H37N3O5/c1-3-39-24-15-13-23(14-16-24)33-29(36)26-25-17-18-32(40-25)27(26)31(38)35(19-21-11-9-20(2)10-12-21)28(32)30(37)34-22-7-5-4-6-8-22/h9-18,22,25-28H,3-8,19H2,1-2H3,(H,33,36)(H,34,37)/t25-,26+,27-,28+,32-/m0/s1. The normalized spacial score (nSPS) is 28.9. The van der Waals surface area contributed by atoms with Crippen molar-refractivity contribution in [2.24, 2.45) is 11.8 Å². The summed E-state index contributed by atoms with van der Waals surface area (Å²) in [7, 11) is 0. The van der Waals surface area contributed by atoms with Crippen LogP contribution in [0.5, 0.6) is 5.75 Å². The van der Waals surface area contributed by atoms with Crippen molar-refractivity contribution in [3.63, 3.8) is 0 Å². The first-order chi connectivity index (χ1) is 19.4. The Morgan fingerprint density at radius 3 is 2.45 bits per heavy atom. The minimum absolute atomic E-state index is 0.0920. The number of carbonyl (C=O) groups excluding carboxylic acids is 3. The van der Waals surface area contributed by atoms with E-state index < -0.39 is 29.6 Å². The van der Waals surface area contributed by atoms with Crippen LogP contribution < -0.4 is 15.4 Å². The Balaban J connectivity index is 1.29. The summed E-state index contributed by atoms with van der Waals surface area (Å²) < 4.78 is 12.0. The monoisotopic (exact) mass is 543 g/mol. The van der Waals surface area contributed by atoms with Gasteiger partial charge in [-0.1, -0.05) is 61.2 Å². The number of nitrogens with one attached hydrogen (secondary N) is 2. The smallest absolute Gasteiger partial charge is 0.246 e. The van der Waals surface area contributed by atoms with Crippen molar-refractivity contribution in [1.82, 2.24) is 10.2 Å². The van der Waals surface area contributed by atoms with Crippen molar-refractivity contribution in [3.8, 4) is 5.75 Å². The van der Waals surface area contributed by atoms with Crippen molar-refractivity contribution in [1.29, 1.82) is 0 Å². The van der Waals surface area contributed by atoms with E-state index in [0.29, 0.717) is 12.3 Å². The summed E-state index contributed by atoms with van der Waals surface area (Å²) >= 11 is 0. The van der Waals surface area contributed by atoms with Gasteiger partial charge in [-0.05, 0) is 56.5 Å². The van der Waals surface area contributed by atoms with Crippen LogP contribution in [0.4, 0.5) is 5.69 Å². The second kappa shape index (κ2) is 10.7. The highest BCUT2D eigenvalue weighted by Crippen LogP contribution is 2.55. The highest BCUT2D eigenvalue weighted by atomic mass is 16.5. The molecule has 3 fully saturated rings. The minimum atomic E-state index is -1.17. The van der Waals surface area contributed by atoms with E-state index in [-0.39, 0.29) is 30.3 Å². The highest BCUT2D eigenvalue weighted by Gasteiger charge is 2.72. The Morgan fingerprint density at radius 1 is 1.02 bits per heavy atom. The molecule has 5 atom stereocenters. The van der Waals surface area contributed by atoms with E-state index in [0.717, 1.165) is 42.6 Å². The van der Waals surface area contributed by atoms with Gasteiger partial charge < -0.3 is 25.0 Å². The Bertz CT molecular complexity index is 1300. The van der Waals surface area contributed by atoms with E-state index in [4.69, 9.17) is 9.47 Å². The van der Waals surface area contributed by atoms with E-state index >= 15 is 0 Å². The van der Waals surface area contributed by atoms with E-state index in [1.54, 1.807) is 29.2 Å². The molecule has 40 heavy (non-hydrogen) atoms. The van der Waals surface area contributed by atoms with Gasteiger partial charge in [-0.3, -0.25) is 14.4 Å². The number of benzene rings is 2. The largest absolute Gasteiger partial charge is 0.494 e. The van der Waals surface area contributed by atoms with E-state index in [9.17, 15) is 14.4 Å². The van der Waals surface area contributed by atoms with Gasteiger partial charge in [-0.25, -0.2) is 0 Å². The predicted molar refractivity (Wildman–Crippen MR) is 150 cm³/mol. The second-order valence-electron chi connectivity index (χ2n) is 11.4. The summed E-state index contributed by atoms with van der Waals surface area (Å²) in [5.41, 5.74) is 1.49. The summed E-state index contributed by atoms with van der Waals surface area (Å²) in [6.07, 6.45) is 8.37. The molecule has 8 heteroatoms. The van der Waals surface area contributed by atoms with Crippen molar-refractivity contribution >= 4 is 23.4 Å². The minimum Gasteiger partial charge on any atom is -0.494 e. The van der Waals surface area contributed by atoms with E-state index in [1.165, 1.54) is 6.42 Å². The average Bonchev–Trinajstić information content (AvgIpc) is 3.59. The van der Waals surface area contributed by atoms with Crippen LogP contribution in [0.15, 0.2) is 60.7 Å². The molecule has 3 heterocycles. The fraction of sp³-hybridized carbons (Fsp3) is 0.469. The van der Waals surface area contributed by atoms with Crippen LogP contribution in [-0.2, 0) is 25.7 Å². The number of rotatable bonds is 8. The SMILES string of the molecule is CCOc1ccc(NC(=O)[C@@H]2[C@@H]3C=C[C@]4(O3)[C@@H]2C(=O)N(Cc2ccc(C)cc2)[C@@H]4C(=O)NC2CCCCC2)cc1. The molecule has 0 unspecified atom stereocenters. The van der Waals surface area contributed by atoms with Crippen LogP contribution in [0.1, 0.15) is 50.2 Å². The van der Waals surface area contributed by atoms with Crippen LogP contribution in [-0.4, -0.2) is 53.0 Å². The molecule has 1 saturated carbocycles. The van der Waals surface area contributed by atoms with Gasteiger partial charge in [0.1, 0.15) is 17.4 Å². The molecule has 2 saturated heterocycles. The molecule has 3 aliphatic heterocycles. The number of amides is 3. The molecule has 0 aromatic heterocycles. The van der Waals surface area contributed by atoms with Crippen LogP contribution >= 0.6 is 0 Å².